The summed E-state index contributed by atoms with van der Waals surface area (Å²) in [6, 6.07) is 7.46. The van der Waals surface area contributed by atoms with E-state index in [1.807, 2.05) is 0 Å². The molecule has 0 aliphatic rings. The van der Waals surface area contributed by atoms with Gasteiger partial charge in [-0.1, -0.05) is 6.07 Å². The normalized spacial score (nSPS) is 12.4. The number of benzene rings is 1. The summed E-state index contributed by atoms with van der Waals surface area (Å²) in [6.07, 6.45) is 1.99. The van der Waals surface area contributed by atoms with Crippen molar-refractivity contribution in [2.75, 3.05) is 6.61 Å². The number of rotatable bonds is 6. The fourth-order valence-electron chi connectivity index (χ4n) is 2.36. The van der Waals surface area contributed by atoms with Crippen molar-refractivity contribution in [2.45, 2.75) is 18.9 Å². The Morgan fingerprint density at radius 3 is 2.96 bits per heavy atom. The van der Waals surface area contributed by atoms with Crippen molar-refractivity contribution in [3.05, 3.63) is 54.0 Å². The Bertz CT molecular complexity index is 798. The molecule has 1 atom stereocenters. The number of aliphatic hydroxyl groups is 1. The van der Waals surface area contributed by atoms with Crippen molar-refractivity contribution >= 4 is 16.9 Å². The Balaban J connectivity index is 1.60. The number of furan rings is 1. The lowest BCUT2D eigenvalue weighted by molar-refractivity contribution is -0.122. The van der Waals surface area contributed by atoms with Crippen molar-refractivity contribution in [2.24, 2.45) is 0 Å². The largest absolute Gasteiger partial charge is 0.467 e. The average molecular weight is 317 g/mol. The number of hydrogen-bond donors (Lipinski definition) is 3. The summed E-state index contributed by atoms with van der Waals surface area (Å²) in [7, 11) is 0. The van der Waals surface area contributed by atoms with Crippen LogP contribution >= 0.6 is 0 Å². The summed E-state index contributed by atoms with van der Waals surface area (Å²) in [5.41, 5.74) is 0.871. The zero-order valence-electron chi connectivity index (χ0n) is 12.3. The van der Waals surface area contributed by atoms with Crippen LogP contribution in [0.15, 0.2) is 41.0 Å². The smallest absolute Gasteiger partial charge is 0.221 e. The molecule has 0 radical (unpaired) electrons. The first-order chi connectivity index (χ1) is 11.2. The highest BCUT2D eigenvalue weighted by molar-refractivity contribution is 5.77. The zero-order chi connectivity index (χ0) is 16.2. The third-order valence-electron chi connectivity index (χ3n) is 3.51. The van der Waals surface area contributed by atoms with E-state index in [0.717, 1.165) is 0 Å². The van der Waals surface area contributed by atoms with Gasteiger partial charge in [0.25, 0.3) is 0 Å². The van der Waals surface area contributed by atoms with Crippen LogP contribution in [0.1, 0.15) is 24.0 Å². The van der Waals surface area contributed by atoms with Crippen LogP contribution in [0.2, 0.25) is 0 Å². The number of carbonyl (C=O) groups excluding carboxylic acids is 1. The van der Waals surface area contributed by atoms with E-state index in [0.29, 0.717) is 23.5 Å². The number of aromatic amines is 1. The molecule has 1 aromatic carbocycles. The number of amides is 1. The molecule has 0 bridgehead atoms. The van der Waals surface area contributed by atoms with E-state index in [2.05, 4.69) is 15.3 Å². The molecule has 0 saturated carbocycles. The zero-order valence-corrected chi connectivity index (χ0v) is 12.3. The van der Waals surface area contributed by atoms with Gasteiger partial charge in [-0.2, -0.15) is 0 Å². The minimum atomic E-state index is -0.578. The number of hydrogen-bond acceptors (Lipinski definition) is 4. The molecule has 3 N–H and O–H groups in total. The van der Waals surface area contributed by atoms with E-state index in [1.54, 1.807) is 24.3 Å². The maximum atomic E-state index is 13.6. The molecular formula is C16H16FN3O3. The number of halogens is 1. The van der Waals surface area contributed by atoms with Gasteiger partial charge in [0, 0.05) is 12.8 Å². The molecule has 1 amide bonds. The Morgan fingerprint density at radius 2 is 2.26 bits per heavy atom. The number of aliphatic hydroxyl groups excluding tert-OH is 1. The molecule has 7 heteroatoms. The van der Waals surface area contributed by atoms with Gasteiger partial charge in [-0.15, -0.1) is 0 Å². The van der Waals surface area contributed by atoms with Crippen LogP contribution in [0.25, 0.3) is 11.0 Å². The number of nitrogens with zero attached hydrogens (tertiary/aromatic N) is 1. The van der Waals surface area contributed by atoms with Crippen molar-refractivity contribution in [1.29, 1.82) is 0 Å². The quantitative estimate of drug-likeness (QED) is 0.649. The highest BCUT2D eigenvalue weighted by Gasteiger charge is 2.16. The number of nitrogens with one attached hydrogen (secondary N) is 2. The van der Waals surface area contributed by atoms with Crippen LogP contribution < -0.4 is 5.32 Å². The van der Waals surface area contributed by atoms with Gasteiger partial charge in [0.1, 0.15) is 23.1 Å². The van der Waals surface area contributed by atoms with E-state index in [9.17, 15) is 14.3 Å². The van der Waals surface area contributed by atoms with E-state index in [-0.39, 0.29) is 24.5 Å². The molecule has 3 aromatic rings. The van der Waals surface area contributed by atoms with Crippen LogP contribution in [0, 0.1) is 5.82 Å². The predicted octanol–water partition coefficient (Wildman–Crippen LogP) is 2.08. The second-order valence-electron chi connectivity index (χ2n) is 5.14. The van der Waals surface area contributed by atoms with Gasteiger partial charge in [-0.3, -0.25) is 4.79 Å². The summed E-state index contributed by atoms with van der Waals surface area (Å²) in [6.45, 7) is -0.255. The third kappa shape index (κ3) is 3.40. The summed E-state index contributed by atoms with van der Waals surface area (Å²) in [5.74, 6) is 0.388. The van der Waals surface area contributed by atoms with E-state index < -0.39 is 11.9 Å². The summed E-state index contributed by atoms with van der Waals surface area (Å²) >= 11 is 0. The number of imidazole rings is 1. The molecule has 1 unspecified atom stereocenters. The standard InChI is InChI=1S/C16H16FN3O3/c17-10-3-1-4-11-16(10)20-14(18-11)6-7-15(22)19-12(9-21)13-5-2-8-23-13/h1-5,8,12,21H,6-7,9H2,(H,18,20)(H,19,22). The second-order valence-corrected chi connectivity index (χ2v) is 5.14. The number of fused-ring (bicyclic) bond motifs is 1. The Morgan fingerprint density at radius 1 is 1.39 bits per heavy atom. The summed E-state index contributed by atoms with van der Waals surface area (Å²) in [4.78, 5) is 19.1. The molecule has 0 fully saturated rings. The number of aryl methyl sites for hydroxylation is 1. The summed E-state index contributed by atoms with van der Waals surface area (Å²) in [5, 5.41) is 12.0. The molecule has 0 saturated heterocycles. The van der Waals surface area contributed by atoms with Gasteiger partial charge in [0.15, 0.2) is 5.82 Å². The van der Waals surface area contributed by atoms with Crippen LogP contribution in [-0.2, 0) is 11.2 Å². The molecule has 2 aromatic heterocycles. The highest BCUT2D eigenvalue weighted by Crippen LogP contribution is 2.16. The van der Waals surface area contributed by atoms with Crippen LogP contribution in [0.4, 0.5) is 4.39 Å². The number of carbonyl (C=O) groups is 1. The van der Waals surface area contributed by atoms with Crippen molar-refractivity contribution < 1.29 is 18.7 Å². The fourth-order valence-corrected chi connectivity index (χ4v) is 2.36. The minimum absolute atomic E-state index is 0.165. The maximum Gasteiger partial charge on any atom is 0.221 e. The SMILES string of the molecule is O=C(CCc1nc2c(F)cccc2[nH]1)NC(CO)c1ccco1. The van der Waals surface area contributed by atoms with Crippen LogP contribution in [-0.4, -0.2) is 27.6 Å². The fraction of sp³-hybridized carbons (Fsp3) is 0.250. The second kappa shape index (κ2) is 6.62. The van der Waals surface area contributed by atoms with Crippen molar-refractivity contribution in [1.82, 2.24) is 15.3 Å². The monoisotopic (exact) mass is 317 g/mol. The molecule has 0 aliphatic carbocycles. The van der Waals surface area contributed by atoms with E-state index >= 15 is 0 Å². The van der Waals surface area contributed by atoms with E-state index in [4.69, 9.17) is 4.42 Å². The highest BCUT2D eigenvalue weighted by atomic mass is 19.1. The lowest BCUT2D eigenvalue weighted by atomic mass is 10.2. The average Bonchev–Trinajstić information content (AvgIpc) is 3.20. The van der Waals surface area contributed by atoms with Gasteiger partial charge in [-0.05, 0) is 24.3 Å². The molecular weight excluding hydrogens is 301 g/mol. The third-order valence-corrected chi connectivity index (χ3v) is 3.51. The molecule has 120 valence electrons. The first-order valence-corrected chi connectivity index (χ1v) is 7.24. The number of para-hydroxylation sites is 1. The lowest BCUT2D eigenvalue weighted by Crippen LogP contribution is -2.30. The van der Waals surface area contributed by atoms with Gasteiger partial charge < -0.3 is 19.8 Å². The molecule has 0 aliphatic heterocycles. The van der Waals surface area contributed by atoms with Gasteiger partial charge in [0.05, 0.1) is 18.4 Å². The van der Waals surface area contributed by atoms with Crippen LogP contribution in [0.5, 0.6) is 0 Å². The maximum absolute atomic E-state index is 13.6. The molecule has 23 heavy (non-hydrogen) atoms. The molecule has 0 spiro atoms. The van der Waals surface area contributed by atoms with Crippen molar-refractivity contribution in [3.8, 4) is 0 Å². The first-order valence-electron chi connectivity index (χ1n) is 7.24. The van der Waals surface area contributed by atoms with Crippen LogP contribution in [0.3, 0.4) is 0 Å². The van der Waals surface area contributed by atoms with Gasteiger partial charge in [-0.25, -0.2) is 9.37 Å². The predicted molar refractivity (Wildman–Crippen MR) is 81.1 cm³/mol. The minimum Gasteiger partial charge on any atom is -0.467 e. The number of H-pyrrole nitrogens is 1. The Hall–Kier alpha value is -2.67. The Kier molecular flexibility index (Phi) is 4.38. The van der Waals surface area contributed by atoms with Gasteiger partial charge >= 0.3 is 0 Å². The summed E-state index contributed by atoms with van der Waals surface area (Å²) < 4.78 is 18.7. The molecule has 6 nitrogen and oxygen atoms in total. The lowest BCUT2D eigenvalue weighted by Gasteiger charge is -2.13. The van der Waals surface area contributed by atoms with Crippen molar-refractivity contribution in [3.63, 3.8) is 0 Å². The molecule has 3 rings (SSSR count). The Labute approximate surface area is 131 Å². The van der Waals surface area contributed by atoms with E-state index in [1.165, 1.54) is 12.3 Å². The molecule has 2 heterocycles. The van der Waals surface area contributed by atoms with Gasteiger partial charge in [0.2, 0.25) is 5.91 Å². The topological polar surface area (TPSA) is 91.2 Å². The number of aromatic nitrogens is 2. The first kappa shape index (κ1) is 15.2.